The van der Waals surface area contributed by atoms with E-state index in [1.54, 1.807) is 0 Å². The molecule has 0 heteroatoms. The molecule has 0 spiro atoms. The Morgan fingerprint density at radius 1 is 0.417 bits per heavy atom. The maximum atomic E-state index is 2.34. The third-order valence-corrected chi connectivity index (χ3v) is 5.36. The molecule has 0 radical (unpaired) electrons. The lowest BCUT2D eigenvalue weighted by Gasteiger charge is -2.11. The van der Waals surface area contributed by atoms with Crippen LogP contribution in [0, 0.1) is 0 Å². The zero-order chi connectivity index (χ0) is 15.7. The molecular formula is C24H14. The third-order valence-electron chi connectivity index (χ3n) is 5.36. The largest absolute Gasteiger partial charge is 0.0616 e. The second-order valence-electron chi connectivity index (χ2n) is 6.59. The van der Waals surface area contributed by atoms with Crippen LogP contribution in [0.5, 0.6) is 0 Å². The van der Waals surface area contributed by atoms with Gasteiger partial charge in [0.1, 0.15) is 0 Å². The lowest BCUT2D eigenvalue weighted by molar-refractivity contribution is 1.70. The summed E-state index contributed by atoms with van der Waals surface area (Å²) in [7, 11) is 0. The van der Waals surface area contributed by atoms with Crippen LogP contribution in [-0.2, 0) is 0 Å². The van der Waals surface area contributed by atoms with Crippen molar-refractivity contribution in [2.24, 2.45) is 0 Å². The summed E-state index contributed by atoms with van der Waals surface area (Å²) in [5.74, 6) is 0. The van der Waals surface area contributed by atoms with E-state index in [2.05, 4.69) is 84.9 Å². The van der Waals surface area contributed by atoms with Gasteiger partial charge in [-0.2, -0.15) is 0 Å². The number of hydrogen-bond donors (Lipinski definition) is 0. The molecule has 0 aromatic heterocycles. The van der Waals surface area contributed by atoms with Crippen molar-refractivity contribution in [2.45, 2.75) is 0 Å². The van der Waals surface area contributed by atoms with Gasteiger partial charge >= 0.3 is 0 Å². The minimum absolute atomic E-state index is 1.31. The van der Waals surface area contributed by atoms with Gasteiger partial charge < -0.3 is 0 Å². The first-order valence-corrected chi connectivity index (χ1v) is 8.39. The van der Waals surface area contributed by atoms with Gasteiger partial charge in [0, 0.05) is 0 Å². The fourth-order valence-corrected chi connectivity index (χ4v) is 4.38. The Morgan fingerprint density at radius 3 is 2.04 bits per heavy atom. The van der Waals surface area contributed by atoms with E-state index in [0.29, 0.717) is 0 Å². The van der Waals surface area contributed by atoms with Crippen LogP contribution >= 0.6 is 0 Å². The van der Waals surface area contributed by atoms with Crippen molar-refractivity contribution in [2.75, 3.05) is 0 Å². The average Bonchev–Trinajstić information content (AvgIpc) is 2.98. The second-order valence-corrected chi connectivity index (χ2v) is 6.59. The molecule has 0 atom stereocenters. The van der Waals surface area contributed by atoms with Crippen LogP contribution in [0.4, 0.5) is 0 Å². The van der Waals surface area contributed by atoms with Crippen molar-refractivity contribution in [3.05, 3.63) is 84.9 Å². The molecule has 0 N–H and O–H groups in total. The zero-order valence-electron chi connectivity index (χ0n) is 13.1. The molecule has 24 heavy (non-hydrogen) atoms. The molecule has 0 saturated carbocycles. The highest BCUT2D eigenvalue weighted by Crippen LogP contribution is 2.51. The normalized spacial score (nSPS) is 12.2. The Balaban J connectivity index is 1.99. The first kappa shape index (κ1) is 12.3. The minimum atomic E-state index is 1.31. The van der Waals surface area contributed by atoms with Crippen LogP contribution in [0.1, 0.15) is 0 Å². The minimum Gasteiger partial charge on any atom is -0.0616 e. The number of hydrogen-bond acceptors (Lipinski definition) is 0. The van der Waals surface area contributed by atoms with Gasteiger partial charge in [-0.25, -0.2) is 0 Å². The highest BCUT2D eigenvalue weighted by molar-refractivity contribution is 6.28. The summed E-state index contributed by atoms with van der Waals surface area (Å²) in [5, 5.41) is 8.10. The van der Waals surface area contributed by atoms with Gasteiger partial charge in [0.2, 0.25) is 0 Å². The lowest BCUT2D eigenvalue weighted by atomic mass is 9.92. The van der Waals surface area contributed by atoms with Crippen molar-refractivity contribution in [3.8, 4) is 22.3 Å². The second kappa shape index (κ2) is 4.24. The molecule has 5 aromatic carbocycles. The molecule has 1 aliphatic carbocycles. The van der Waals surface area contributed by atoms with E-state index < -0.39 is 0 Å². The fraction of sp³-hybridized carbons (Fsp3) is 0. The van der Waals surface area contributed by atoms with E-state index in [1.807, 2.05) is 0 Å². The smallest absolute Gasteiger partial charge is 0.000808 e. The van der Waals surface area contributed by atoms with E-state index in [1.165, 1.54) is 54.6 Å². The van der Waals surface area contributed by atoms with Gasteiger partial charge in [-0.3, -0.25) is 0 Å². The Bertz CT molecular complexity index is 1290. The van der Waals surface area contributed by atoms with Crippen LogP contribution in [0.3, 0.4) is 0 Å². The van der Waals surface area contributed by atoms with Gasteiger partial charge in [-0.15, -0.1) is 0 Å². The van der Waals surface area contributed by atoms with Gasteiger partial charge in [0.15, 0.2) is 0 Å². The predicted octanol–water partition coefficient (Wildman–Crippen LogP) is 6.79. The summed E-state index contributed by atoms with van der Waals surface area (Å²) in [6.07, 6.45) is 0. The average molecular weight is 302 g/mol. The molecule has 0 nitrogen and oxygen atoms in total. The highest BCUT2D eigenvalue weighted by atomic mass is 14.3. The first-order chi connectivity index (χ1) is 11.9. The summed E-state index contributed by atoms with van der Waals surface area (Å²) >= 11 is 0. The molecule has 0 unspecified atom stereocenters. The van der Waals surface area contributed by atoms with Gasteiger partial charge in [-0.05, 0) is 60.6 Å². The summed E-state index contributed by atoms with van der Waals surface area (Å²) < 4.78 is 0. The van der Waals surface area contributed by atoms with Crippen LogP contribution < -0.4 is 0 Å². The quantitative estimate of drug-likeness (QED) is 0.214. The van der Waals surface area contributed by atoms with Crippen LogP contribution in [0.15, 0.2) is 84.9 Å². The number of rotatable bonds is 0. The van der Waals surface area contributed by atoms with E-state index >= 15 is 0 Å². The number of fused-ring (bicyclic) bond motifs is 7. The Morgan fingerprint density at radius 2 is 1.08 bits per heavy atom. The highest BCUT2D eigenvalue weighted by Gasteiger charge is 2.23. The fourth-order valence-electron chi connectivity index (χ4n) is 4.38. The molecule has 110 valence electrons. The summed E-state index contributed by atoms with van der Waals surface area (Å²) in [6, 6.07) is 31.1. The predicted molar refractivity (Wildman–Crippen MR) is 103 cm³/mol. The van der Waals surface area contributed by atoms with Gasteiger partial charge in [0.05, 0.1) is 0 Å². The lowest BCUT2D eigenvalue weighted by Crippen LogP contribution is -1.83. The molecule has 1 aliphatic rings. The molecule has 6 rings (SSSR count). The molecule has 0 saturated heterocycles. The Labute approximate surface area is 140 Å². The molecule has 0 fully saturated rings. The Kier molecular flexibility index (Phi) is 2.18. The van der Waals surface area contributed by atoms with E-state index in [4.69, 9.17) is 0 Å². The topological polar surface area (TPSA) is 0 Å². The molecule has 0 bridgehead atoms. The van der Waals surface area contributed by atoms with Crippen molar-refractivity contribution in [1.29, 1.82) is 0 Å². The molecular weight excluding hydrogens is 288 g/mol. The Hall–Kier alpha value is -3.12. The van der Waals surface area contributed by atoms with Crippen LogP contribution in [-0.4, -0.2) is 0 Å². The van der Waals surface area contributed by atoms with Crippen LogP contribution in [0.25, 0.3) is 54.6 Å². The molecule has 0 heterocycles. The van der Waals surface area contributed by atoms with E-state index in [0.717, 1.165) is 0 Å². The molecule has 0 amide bonds. The standard InChI is InChI=1S/C24H14/c1-2-8-18-15(6-1)12-13-17-14-16-7-5-11-20-19-9-3-4-10-21(19)24(22(17)18)23(16)20/h1-14H. The summed E-state index contributed by atoms with van der Waals surface area (Å²) in [4.78, 5) is 0. The van der Waals surface area contributed by atoms with E-state index in [9.17, 15) is 0 Å². The van der Waals surface area contributed by atoms with Crippen LogP contribution in [0.2, 0.25) is 0 Å². The van der Waals surface area contributed by atoms with Crippen molar-refractivity contribution in [3.63, 3.8) is 0 Å². The maximum absolute atomic E-state index is 2.34. The maximum Gasteiger partial charge on any atom is -0.000808 e. The third kappa shape index (κ3) is 1.39. The van der Waals surface area contributed by atoms with Gasteiger partial charge in [-0.1, -0.05) is 78.9 Å². The zero-order valence-corrected chi connectivity index (χ0v) is 13.1. The molecule has 0 aliphatic heterocycles. The van der Waals surface area contributed by atoms with Crippen molar-refractivity contribution < 1.29 is 0 Å². The monoisotopic (exact) mass is 302 g/mol. The van der Waals surface area contributed by atoms with Gasteiger partial charge in [0.25, 0.3) is 0 Å². The molecule has 5 aromatic rings. The number of benzene rings is 5. The van der Waals surface area contributed by atoms with Crippen molar-refractivity contribution >= 4 is 32.3 Å². The first-order valence-electron chi connectivity index (χ1n) is 8.39. The summed E-state index contributed by atoms with van der Waals surface area (Å²) in [5.41, 5.74) is 5.50. The van der Waals surface area contributed by atoms with E-state index in [-0.39, 0.29) is 0 Å². The SMILES string of the molecule is c1ccc2c(c1)-c1cccc3cc4ccc5ccccc5c4c-2c13. The summed E-state index contributed by atoms with van der Waals surface area (Å²) in [6.45, 7) is 0. The van der Waals surface area contributed by atoms with Crippen molar-refractivity contribution in [1.82, 2.24) is 0 Å².